The van der Waals surface area contributed by atoms with Crippen LogP contribution in [0.5, 0.6) is 0 Å². The number of halogens is 2. The molecule has 1 unspecified atom stereocenters. The molecular weight excluding hydrogens is 236 g/mol. The fraction of sp³-hybridized carbons (Fsp3) is 0.308. The molecule has 0 bridgehead atoms. The first-order chi connectivity index (χ1) is 8.63. The summed E-state index contributed by atoms with van der Waals surface area (Å²) in [6.07, 6.45) is 4.30. The van der Waals surface area contributed by atoms with Crippen molar-refractivity contribution >= 4 is 0 Å². The van der Waals surface area contributed by atoms with Gasteiger partial charge in [-0.25, -0.2) is 8.78 Å². The average molecular weight is 251 g/mol. The van der Waals surface area contributed by atoms with Crippen LogP contribution in [0, 0.1) is 11.6 Å². The maximum atomic E-state index is 13.6. The molecule has 5 heteroatoms. The van der Waals surface area contributed by atoms with E-state index < -0.39 is 17.7 Å². The summed E-state index contributed by atoms with van der Waals surface area (Å²) in [4.78, 5) is 0. The van der Waals surface area contributed by atoms with Gasteiger partial charge in [0.25, 0.3) is 0 Å². The SMILES string of the molecule is CCCn1cc(C(N)c2cccc(F)c2F)cn1. The lowest BCUT2D eigenvalue weighted by Crippen LogP contribution is -2.13. The van der Waals surface area contributed by atoms with Crippen LogP contribution in [0.25, 0.3) is 0 Å². The first-order valence-corrected chi connectivity index (χ1v) is 5.85. The van der Waals surface area contributed by atoms with Gasteiger partial charge in [-0.05, 0) is 12.5 Å². The Morgan fingerprint density at radius 2 is 2.17 bits per heavy atom. The fourth-order valence-corrected chi connectivity index (χ4v) is 1.83. The lowest BCUT2D eigenvalue weighted by Gasteiger charge is -2.11. The van der Waals surface area contributed by atoms with Gasteiger partial charge in [0.15, 0.2) is 11.6 Å². The normalized spacial score (nSPS) is 12.7. The van der Waals surface area contributed by atoms with Gasteiger partial charge >= 0.3 is 0 Å². The van der Waals surface area contributed by atoms with Crippen LogP contribution in [0.3, 0.4) is 0 Å². The first kappa shape index (κ1) is 12.7. The Bertz CT molecular complexity index is 537. The summed E-state index contributed by atoms with van der Waals surface area (Å²) in [6, 6.07) is 3.31. The Labute approximate surface area is 104 Å². The standard InChI is InChI=1S/C13H15F2N3/c1-2-6-18-8-9(7-17-18)13(16)10-4-3-5-11(14)12(10)15/h3-5,7-8,13H,2,6,16H2,1H3. The summed E-state index contributed by atoms with van der Waals surface area (Å²) in [5.74, 6) is -1.78. The van der Waals surface area contributed by atoms with E-state index in [-0.39, 0.29) is 5.56 Å². The van der Waals surface area contributed by atoms with Crippen molar-refractivity contribution in [2.75, 3.05) is 0 Å². The van der Waals surface area contributed by atoms with Crippen molar-refractivity contribution < 1.29 is 8.78 Å². The second-order valence-electron chi connectivity index (χ2n) is 4.16. The molecule has 1 heterocycles. The molecule has 0 aliphatic heterocycles. The van der Waals surface area contributed by atoms with E-state index in [0.717, 1.165) is 19.0 Å². The third-order valence-electron chi connectivity index (χ3n) is 2.78. The molecule has 0 saturated heterocycles. The number of hydrogen-bond donors (Lipinski definition) is 1. The summed E-state index contributed by atoms with van der Waals surface area (Å²) in [6.45, 7) is 2.81. The molecule has 18 heavy (non-hydrogen) atoms. The predicted molar refractivity (Wildman–Crippen MR) is 64.9 cm³/mol. The van der Waals surface area contributed by atoms with Crippen molar-refractivity contribution in [1.29, 1.82) is 0 Å². The maximum absolute atomic E-state index is 13.6. The van der Waals surface area contributed by atoms with Crippen LogP contribution in [0.15, 0.2) is 30.6 Å². The lowest BCUT2D eigenvalue weighted by molar-refractivity contribution is 0.494. The van der Waals surface area contributed by atoms with Gasteiger partial charge in [0.2, 0.25) is 0 Å². The Balaban J connectivity index is 2.29. The van der Waals surface area contributed by atoms with Gasteiger partial charge in [0.05, 0.1) is 12.2 Å². The second kappa shape index (κ2) is 5.27. The zero-order valence-corrected chi connectivity index (χ0v) is 10.1. The third kappa shape index (κ3) is 2.41. The number of nitrogens with two attached hydrogens (primary N) is 1. The molecule has 0 amide bonds. The highest BCUT2D eigenvalue weighted by Crippen LogP contribution is 2.23. The molecule has 0 radical (unpaired) electrons. The number of nitrogens with zero attached hydrogens (tertiary/aromatic N) is 2. The van der Waals surface area contributed by atoms with Crippen LogP contribution in [0.1, 0.15) is 30.5 Å². The maximum Gasteiger partial charge on any atom is 0.163 e. The monoisotopic (exact) mass is 251 g/mol. The van der Waals surface area contributed by atoms with Crippen LogP contribution in [0.4, 0.5) is 8.78 Å². The van der Waals surface area contributed by atoms with Crippen molar-refractivity contribution in [3.63, 3.8) is 0 Å². The Hall–Kier alpha value is -1.75. The molecule has 3 nitrogen and oxygen atoms in total. The molecule has 1 atom stereocenters. The minimum Gasteiger partial charge on any atom is -0.320 e. The van der Waals surface area contributed by atoms with Crippen molar-refractivity contribution in [3.05, 3.63) is 53.4 Å². The predicted octanol–water partition coefficient (Wildman–Crippen LogP) is 2.62. The van der Waals surface area contributed by atoms with Crippen LogP contribution in [0.2, 0.25) is 0 Å². The van der Waals surface area contributed by atoms with Gasteiger partial charge in [-0.2, -0.15) is 5.10 Å². The highest BCUT2D eigenvalue weighted by atomic mass is 19.2. The molecule has 2 rings (SSSR count). The van der Waals surface area contributed by atoms with Crippen LogP contribution >= 0.6 is 0 Å². The summed E-state index contributed by atoms with van der Waals surface area (Å²) < 4.78 is 28.5. The van der Waals surface area contributed by atoms with E-state index in [1.807, 2.05) is 6.92 Å². The average Bonchev–Trinajstić information content (AvgIpc) is 2.81. The number of aromatic nitrogens is 2. The molecular formula is C13H15F2N3. The van der Waals surface area contributed by atoms with Gasteiger partial charge < -0.3 is 5.73 Å². The summed E-state index contributed by atoms with van der Waals surface area (Å²) in [7, 11) is 0. The fourth-order valence-electron chi connectivity index (χ4n) is 1.83. The smallest absolute Gasteiger partial charge is 0.163 e. The molecule has 0 aliphatic rings. The van der Waals surface area contributed by atoms with Gasteiger partial charge in [0, 0.05) is 23.9 Å². The topological polar surface area (TPSA) is 43.8 Å². The van der Waals surface area contributed by atoms with Gasteiger partial charge in [-0.1, -0.05) is 19.1 Å². The van der Waals surface area contributed by atoms with Crippen molar-refractivity contribution in [2.45, 2.75) is 25.9 Å². The number of benzene rings is 1. The molecule has 1 aromatic heterocycles. The molecule has 2 N–H and O–H groups in total. The number of hydrogen-bond acceptors (Lipinski definition) is 2. The molecule has 0 fully saturated rings. The van der Waals surface area contributed by atoms with Gasteiger partial charge in [-0.15, -0.1) is 0 Å². The van der Waals surface area contributed by atoms with Gasteiger partial charge in [0.1, 0.15) is 0 Å². The van der Waals surface area contributed by atoms with E-state index in [9.17, 15) is 8.78 Å². The van der Waals surface area contributed by atoms with E-state index in [0.29, 0.717) is 5.56 Å². The van der Waals surface area contributed by atoms with E-state index in [2.05, 4.69) is 5.10 Å². The largest absolute Gasteiger partial charge is 0.320 e. The lowest BCUT2D eigenvalue weighted by atomic mass is 10.0. The Morgan fingerprint density at radius 3 is 2.89 bits per heavy atom. The molecule has 0 spiro atoms. The summed E-state index contributed by atoms with van der Waals surface area (Å²) in [5.41, 5.74) is 6.75. The quantitative estimate of drug-likeness (QED) is 0.907. The van der Waals surface area contributed by atoms with Gasteiger partial charge in [-0.3, -0.25) is 4.68 Å². The number of rotatable bonds is 4. The first-order valence-electron chi connectivity index (χ1n) is 5.85. The van der Waals surface area contributed by atoms with Crippen LogP contribution in [-0.2, 0) is 6.54 Å². The number of aryl methyl sites for hydroxylation is 1. The van der Waals surface area contributed by atoms with Crippen molar-refractivity contribution in [1.82, 2.24) is 9.78 Å². The molecule has 1 aromatic carbocycles. The molecule has 0 saturated carbocycles. The van der Waals surface area contributed by atoms with E-state index in [1.165, 1.54) is 12.1 Å². The van der Waals surface area contributed by atoms with E-state index in [1.54, 1.807) is 17.1 Å². The zero-order chi connectivity index (χ0) is 13.1. The van der Waals surface area contributed by atoms with Crippen LogP contribution in [-0.4, -0.2) is 9.78 Å². The minimum absolute atomic E-state index is 0.144. The second-order valence-corrected chi connectivity index (χ2v) is 4.16. The van der Waals surface area contributed by atoms with Crippen molar-refractivity contribution in [3.8, 4) is 0 Å². The van der Waals surface area contributed by atoms with Crippen molar-refractivity contribution in [2.24, 2.45) is 5.73 Å². The molecule has 96 valence electrons. The summed E-state index contributed by atoms with van der Waals surface area (Å²) in [5, 5.41) is 4.13. The van der Waals surface area contributed by atoms with Crippen LogP contribution < -0.4 is 5.73 Å². The van der Waals surface area contributed by atoms with E-state index >= 15 is 0 Å². The third-order valence-corrected chi connectivity index (χ3v) is 2.78. The highest BCUT2D eigenvalue weighted by molar-refractivity contribution is 5.30. The molecule has 0 aliphatic carbocycles. The summed E-state index contributed by atoms with van der Waals surface area (Å²) >= 11 is 0. The molecule has 2 aromatic rings. The minimum atomic E-state index is -0.895. The zero-order valence-electron chi connectivity index (χ0n) is 10.1. The highest BCUT2D eigenvalue weighted by Gasteiger charge is 2.17. The van der Waals surface area contributed by atoms with E-state index in [4.69, 9.17) is 5.73 Å². The Kier molecular flexibility index (Phi) is 3.72. The Morgan fingerprint density at radius 1 is 1.39 bits per heavy atom.